The van der Waals surface area contributed by atoms with E-state index < -0.39 is 0 Å². The molecular weight excluding hydrogens is 330 g/mol. The molecule has 2 saturated heterocycles. The largest absolute Gasteiger partial charge is 0.375 e. The predicted molar refractivity (Wildman–Crippen MR) is 98.0 cm³/mol. The van der Waals surface area contributed by atoms with E-state index in [4.69, 9.17) is 4.74 Å². The molecule has 0 radical (unpaired) electrons. The van der Waals surface area contributed by atoms with E-state index in [1.54, 1.807) is 10.7 Å². The van der Waals surface area contributed by atoms with Gasteiger partial charge in [0.25, 0.3) is 5.91 Å². The van der Waals surface area contributed by atoms with Crippen LogP contribution in [0.3, 0.4) is 0 Å². The maximum Gasteiger partial charge on any atom is 0.259 e. The van der Waals surface area contributed by atoms with Crippen LogP contribution in [0.2, 0.25) is 0 Å². The lowest BCUT2D eigenvalue weighted by molar-refractivity contribution is -0.169. The molecule has 2 aliphatic rings. The molecule has 2 fully saturated rings. The van der Waals surface area contributed by atoms with Crippen LogP contribution in [0.1, 0.15) is 49.0 Å². The van der Waals surface area contributed by atoms with Gasteiger partial charge in [-0.15, -0.1) is 0 Å². The lowest BCUT2D eigenvalue weighted by Gasteiger charge is -2.47. The summed E-state index contributed by atoms with van der Waals surface area (Å²) in [6.45, 7) is 9.49. The predicted octanol–water partition coefficient (Wildman–Crippen LogP) is 1.97. The summed E-state index contributed by atoms with van der Waals surface area (Å²) < 4.78 is 7.47. The Balaban J connectivity index is 1.49. The Morgan fingerprint density at radius 1 is 1.23 bits per heavy atom. The average molecular weight is 357 g/mol. The second-order valence-electron chi connectivity index (χ2n) is 7.32. The van der Waals surface area contributed by atoms with Crippen molar-refractivity contribution in [2.24, 2.45) is 0 Å². The van der Waals surface area contributed by atoms with Gasteiger partial charge in [0.05, 0.1) is 18.4 Å². The van der Waals surface area contributed by atoms with Crippen molar-refractivity contribution in [3.05, 3.63) is 29.7 Å². The van der Waals surface area contributed by atoms with E-state index in [2.05, 4.69) is 28.8 Å². The van der Waals surface area contributed by atoms with Crippen molar-refractivity contribution in [2.75, 3.05) is 32.8 Å². The molecule has 2 aromatic heterocycles. The van der Waals surface area contributed by atoms with Crippen molar-refractivity contribution in [3.8, 4) is 0 Å². The van der Waals surface area contributed by atoms with Gasteiger partial charge in [-0.3, -0.25) is 9.69 Å². The summed E-state index contributed by atoms with van der Waals surface area (Å²) in [7, 11) is 0. The fourth-order valence-electron chi connectivity index (χ4n) is 3.92. The number of ether oxygens (including phenoxy) is 1. The first-order chi connectivity index (χ1) is 12.6. The number of piperidine rings is 1. The number of hydrogen-bond acceptors (Lipinski definition) is 5. The highest BCUT2D eigenvalue weighted by Crippen LogP contribution is 2.37. The Bertz CT molecular complexity index is 784. The Labute approximate surface area is 153 Å². The Kier molecular flexibility index (Phi) is 4.67. The van der Waals surface area contributed by atoms with Crippen LogP contribution in [-0.2, 0) is 11.3 Å². The number of hydrogen-bond donors (Lipinski definition) is 0. The van der Waals surface area contributed by atoms with Gasteiger partial charge >= 0.3 is 0 Å². The number of aromatic nitrogens is 3. The third-order valence-electron chi connectivity index (χ3n) is 5.87. The minimum atomic E-state index is 0.0261. The van der Waals surface area contributed by atoms with Crippen molar-refractivity contribution in [2.45, 2.75) is 45.3 Å². The summed E-state index contributed by atoms with van der Waals surface area (Å²) in [5, 5.41) is 4.37. The molecule has 0 aromatic carbocycles. The number of amides is 1. The molecule has 0 bridgehead atoms. The van der Waals surface area contributed by atoms with Crippen molar-refractivity contribution in [1.82, 2.24) is 24.4 Å². The Morgan fingerprint density at radius 3 is 2.58 bits per heavy atom. The molecule has 7 heteroatoms. The number of nitrogens with zero attached hydrogens (tertiary/aromatic N) is 5. The van der Waals surface area contributed by atoms with Gasteiger partial charge in [0.15, 0.2) is 5.65 Å². The van der Waals surface area contributed by atoms with E-state index in [0.29, 0.717) is 11.2 Å². The maximum atomic E-state index is 12.9. The molecule has 1 spiro atoms. The molecule has 0 unspecified atom stereocenters. The number of rotatable bonds is 5. The standard InChI is InChI=1S/C19H27N5O2/c1-3-22(4-2)13-15-11-20-17-16(12-21-24(17)14-15)18(25)23-8-5-19(6-9-23)7-10-26-19/h11-12,14H,3-10,13H2,1-2H3. The molecule has 0 saturated carbocycles. The van der Waals surface area contributed by atoms with Crippen molar-refractivity contribution < 1.29 is 9.53 Å². The third-order valence-corrected chi connectivity index (χ3v) is 5.87. The van der Waals surface area contributed by atoms with E-state index in [0.717, 1.165) is 64.2 Å². The quantitative estimate of drug-likeness (QED) is 0.819. The fraction of sp³-hybridized carbons (Fsp3) is 0.632. The van der Waals surface area contributed by atoms with Crippen LogP contribution < -0.4 is 0 Å². The molecule has 0 atom stereocenters. The van der Waals surface area contributed by atoms with E-state index in [-0.39, 0.29) is 11.5 Å². The normalized spacial score (nSPS) is 19.3. The third kappa shape index (κ3) is 3.10. The highest BCUT2D eigenvalue weighted by atomic mass is 16.5. The number of fused-ring (bicyclic) bond motifs is 1. The second kappa shape index (κ2) is 6.96. The number of likely N-dealkylation sites (tertiary alicyclic amines) is 1. The summed E-state index contributed by atoms with van der Waals surface area (Å²) >= 11 is 0. The van der Waals surface area contributed by atoms with E-state index in [9.17, 15) is 4.79 Å². The van der Waals surface area contributed by atoms with Crippen LogP contribution in [0.4, 0.5) is 0 Å². The summed E-state index contributed by atoms with van der Waals surface area (Å²) in [5.41, 5.74) is 2.38. The van der Waals surface area contributed by atoms with Gasteiger partial charge in [0, 0.05) is 37.6 Å². The van der Waals surface area contributed by atoms with Crippen LogP contribution in [0.5, 0.6) is 0 Å². The van der Waals surface area contributed by atoms with Gasteiger partial charge in [-0.25, -0.2) is 9.50 Å². The minimum Gasteiger partial charge on any atom is -0.375 e. The zero-order chi connectivity index (χ0) is 18.1. The van der Waals surface area contributed by atoms with E-state index in [1.807, 2.05) is 17.3 Å². The lowest BCUT2D eigenvalue weighted by Crippen LogP contribution is -2.53. The highest BCUT2D eigenvalue weighted by Gasteiger charge is 2.42. The van der Waals surface area contributed by atoms with Crippen LogP contribution in [0.25, 0.3) is 5.65 Å². The van der Waals surface area contributed by atoms with E-state index in [1.165, 1.54) is 0 Å². The molecule has 0 N–H and O–H groups in total. The monoisotopic (exact) mass is 357 g/mol. The highest BCUT2D eigenvalue weighted by molar-refractivity contribution is 5.99. The minimum absolute atomic E-state index is 0.0261. The molecule has 1 amide bonds. The summed E-state index contributed by atoms with van der Waals surface area (Å²) in [5.74, 6) is 0.0261. The second-order valence-corrected chi connectivity index (χ2v) is 7.32. The Hall–Kier alpha value is -1.99. The molecule has 2 aromatic rings. The first-order valence-electron chi connectivity index (χ1n) is 9.62. The molecule has 140 valence electrons. The van der Waals surface area contributed by atoms with E-state index >= 15 is 0 Å². The zero-order valence-electron chi connectivity index (χ0n) is 15.6. The van der Waals surface area contributed by atoms with Crippen molar-refractivity contribution in [3.63, 3.8) is 0 Å². The lowest BCUT2D eigenvalue weighted by atomic mass is 9.84. The first-order valence-corrected chi connectivity index (χ1v) is 9.62. The molecule has 0 aliphatic carbocycles. The topological polar surface area (TPSA) is 63.0 Å². The maximum absolute atomic E-state index is 12.9. The summed E-state index contributed by atoms with van der Waals surface area (Å²) in [4.78, 5) is 21.7. The first kappa shape index (κ1) is 17.4. The van der Waals surface area contributed by atoms with Crippen LogP contribution in [-0.4, -0.2) is 68.7 Å². The van der Waals surface area contributed by atoms with Gasteiger partial charge in [0.2, 0.25) is 0 Å². The molecule has 4 heterocycles. The van der Waals surface area contributed by atoms with Crippen LogP contribution >= 0.6 is 0 Å². The number of carbonyl (C=O) groups is 1. The molecule has 26 heavy (non-hydrogen) atoms. The summed E-state index contributed by atoms with van der Waals surface area (Å²) in [6.07, 6.45) is 8.47. The van der Waals surface area contributed by atoms with Crippen LogP contribution in [0.15, 0.2) is 18.6 Å². The SMILES string of the molecule is CCN(CC)Cc1cnc2c(C(=O)N3CCC4(CCO4)CC3)cnn2c1. The molecular formula is C19H27N5O2. The van der Waals surface area contributed by atoms with Crippen molar-refractivity contribution >= 4 is 11.6 Å². The smallest absolute Gasteiger partial charge is 0.259 e. The van der Waals surface area contributed by atoms with Gasteiger partial charge in [-0.2, -0.15) is 5.10 Å². The zero-order valence-corrected chi connectivity index (χ0v) is 15.6. The molecule has 4 rings (SSSR count). The van der Waals surface area contributed by atoms with Crippen molar-refractivity contribution in [1.29, 1.82) is 0 Å². The molecule has 2 aliphatic heterocycles. The van der Waals surface area contributed by atoms with Gasteiger partial charge in [-0.1, -0.05) is 13.8 Å². The average Bonchev–Trinajstić information content (AvgIpc) is 3.07. The molecule has 7 nitrogen and oxygen atoms in total. The van der Waals surface area contributed by atoms with Crippen LogP contribution in [0, 0.1) is 0 Å². The number of carbonyl (C=O) groups excluding carboxylic acids is 1. The van der Waals surface area contributed by atoms with Gasteiger partial charge in [0.1, 0.15) is 5.56 Å². The summed E-state index contributed by atoms with van der Waals surface area (Å²) in [6, 6.07) is 0. The van der Waals surface area contributed by atoms with Gasteiger partial charge < -0.3 is 9.64 Å². The fourth-order valence-corrected chi connectivity index (χ4v) is 3.92. The van der Waals surface area contributed by atoms with Gasteiger partial charge in [-0.05, 0) is 32.4 Å². The Morgan fingerprint density at radius 2 is 1.96 bits per heavy atom.